The number of carbonyl (C=O) groups excluding carboxylic acids is 1. The van der Waals surface area contributed by atoms with Crippen molar-refractivity contribution >= 4 is 15.9 Å². The number of hydrogen-bond acceptors (Lipinski definition) is 5. The van der Waals surface area contributed by atoms with Crippen LogP contribution in [0.4, 0.5) is 8.78 Å². The maximum atomic E-state index is 12.5. The van der Waals surface area contributed by atoms with Gasteiger partial charge in [-0.05, 0) is 36.8 Å². The molecule has 0 heterocycles. The predicted molar refractivity (Wildman–Crippen MR) is 107 cm³/mol. The van der Waals surface area contributed by atoms with Crippen molar-refractivity contribution in [2.24, 2.45) is 0 Å². The van der Waals surface area contributed by atoms with Gasteiger partial charge in [0.25, 0.3) is 0 Å². The molecular weight excluding hydrogens is 418 g/mol. The highest BCUT2D eigenvalue weighted by Crippen LogP contribution is 2.30. The molecule has 0 fully saturated rings. The van der Waals surface area contributed by atoms with Crippen LogP contribution < -0.4 is 14.2 Å². The molecule has 0 saturated carbocycles. The smallest absolute Gasteiger partial charge is 0.387 e. The lowest BCUT2D eigenvalue weighted by atomic mass is 10.2. The fourth-order valence-corrected chi connectivity index (χ4v) is 3.69. The number of nitrogens with zero attached hydrogens (tertiary/aromatic N) is 1. The topological polar surface area (TPSA) is 84.9 Å². The van der Waals surface area contributed by atoms with Gasteiger partial charge in [-0.2, -0.15) is 8.78 Å². The molecule has 0 bridgehead atoms. The van der Waals surface area contributed by atoms with E-state index >= 15 is 0 Å². The van der Waals surface area contributed by atoms with Crippen molar-refractivity contribution in [2.75, 3.05) is 20.2 Å². The van der Waals surface area contributed by atoms with Crippen LogP contribution >= 0.6 is 0 Å². The number of amides is 1. The van der Waals surface area contributed by atoms with Crippen molar-refractivity contribution in [3.05, 3.63) is 54.1 Å². The SMILES string of the molecule is CCOc1cc(CN(C)C(=O)CCNS(=O)(=O)c2ccccc2)ccc1OC(F)F. The van der Waals surface area contributed by atoms with Crippen LogP contribution in [0, 0.1) is 0 Å². The van der Waals surface area contributed by atoms with Gasteiger partial charge >= 0.3 is 6.61 Å². The Kier molecular flexibility index (Phi) is 8.55. The first kappa shape index (κ1) is 23.6. The molecule has 30 heavy (non-hydrogen) atoms. The monoisotopic (exact) mass is 442 g/mol. The number of benzene rings is 2. The molecule has 0 atom stereocenters. The Morgan fingerprint density at radius 1 is 1.13 bits per heavy atom. The molecule has 0 aliphatic heterocycles. The van der Waals surface area contributed by atoms with E-state index in [-0.39, 0.29) is 48.4 Å². The minimum atomic E-state index is -3.68. The van der Waals surface area contributed by atoms with E-state index in [1.54, 1.807) is 38.2 Å². The molecule has 2 aromatic rings. The van der Waals surface area contributed by atoms with Gasteiger partial charge in [-0.1, -0.05) is 24.3 Å². The highest BCUT2D eigenvalue weighted by atomic mass is 32.2. The lowest BCUT2D eigenvalue weighted by Crippen LogP contribution is -2.31. The van der Waals surface area contributed by atoms with Crippen LogP contribution in [0.25, 0.3) is 0 Å². The largest absolute Gasteiger partial charge is 0.490 e. The summed E-state index contributed by atoms with van der Waals surface area (Å²) < 4.78 is 61.5. The second kappa shape index (κ2) is 10.9. The average molecular weight is 442 g/mol. The maximum absolute atomic E-state index is 12.5. The summed E-state index contributed by atoms with van der Waals surface area (Å²) in [5, 5.41) is 0. The maximum Gasteiger partial charge on any atom is 0.387 e. The number of nitrogens with one attached hydrogen (secondary N) is 1. The third-order valence-electron chi connectivity index (χ3n) is 4.05. The van der Waals surface area contributed by atoms with Crippen LogP contribution in [0.1, 0.15) is 18.9 Å². The Bertz CT molecular complexity index is 939. The second-order valence-corrected chi connectivity index (χ2v) is 8.07. The Morgan fingerprint density at radius 3 is 2.47 bits per heavy atom. The number of rotatable bonds is 11. The highest BCUT2D eigenvalue weighted by molar-refractivity contribution is 7.89. The van der Waals surface area contributed by atoms with E-state index in [1.807, 2.05) is 0 Å². The Balaban J connectivity index is 1.93. The lowest BCUT2D eigenvalue weighted by molar-refractivity contribution is -0.130. The van der Waals surface area contributed by atoms with Crippen LogP contribution in [0.5, 0.6) is 11.5 Å². The Hall–Kier alpha value is -2.72. The normalized spacial score (nSPS) is 11.4. The number of carbonyl (C=O) groups is 1. The van der Waals surface area contributed by atoms with E-state index in [1.165, 1.54) is 29.2 Å². The summed E-state index contributed by atoms with van der Waals surface area (Å²) >= 11 is 0. The van der Waals surface area contributed by atoms with Gasteiger partial charge in [0.1, 0.15) is 0 Å². The third-order valence-corrected chi connectivity index (χ3v) is 5.53. The number of halogens is 2. The summed E-state index contributed by atoms with van der Waals surface area (Å²) in [6.07, 6.45) is -0.0343. The van der Waals surface area contributed by atoms with Crippen molar-refractivity contribution in [3.63, 3.8) is 0 Å². The van der Waals surface area contributed by atoms with Crippen molar-refractivity contribution < 1.29 is 31.5 Å². The van der Waals surface area contributed by atoms with Crippen molar-refractivity contribution in [1.29, 1.82) is 0 Å². The second-order valence-electron chi connectivity index (χ2n) is 6.30. The average Bonchev–Trinajstić information content (AvgIpc) is 2.70. The molecule has 2 rings (SSSR count). The van der Waals surface area contributed by atoms with Gasteiger partial charge in [-0.15, -0.1) is 0 Å². The fraction of sp³-hybridized carbons (Fsp3) is 0.350. The summed E-state index contributed by atoms with van der Waals surface area (Å²) in [5.41, 5.74) is 0.654. The van der Waals surface area contributed by atoms with E-state index in [2.05, 4.69) is 9.46 Å². The Morgan fingerprint density at radius 2 is 1.83 bits per heavy atom. The quantitative estimate of drug-likeness (QED) is 0.578. The first-order chi connectivity index (χ1) is 14.2. The van der Waals surface area contributed by atoms with Crippen LogP contribution in [-0.4, -0.2) is 46.0 Å². The molecule has 0 saturated heterocycles. The van der Waals surface area contributed by atoms with Crippen LogP contribution in [0.3, 0.4) is 0 Å². The van der Waals surface area contributed by atoms with Gasteiger partial charge < -0.3 is 14.4 Å². The van der Waals surface area contributed by atoms with Crippen LogP contribution in [-0.2, 0) is 21.4 Å². The van der Waals surface area contributed by atoms with Gasteiger partial charge in [0.15, 0.2) is 11.5 Å². The summed E-state index contributed by atoms with van der Waals surface area (Å²) in [7, 11) is -2.11. The minimum absolute atomic E-state index is 0.0343. The van der Waals surface area contributed by atoms with E-state index < -0.39 is 16.6 Å². The molecule has 0 aliphatic carbocycles. The molecule has 1 N–H and O–H groups in total. The fourth-order valence-electron chi connectivity index (χ4n) is 2.64. The number of hydrogen-bond donors (Lipinski definition) is 1. The van der Waals surface area contributed by atoms with Gasteiger partial charge in [0.05, 0.1) is 11.5 Å². The molecule has 0 radical (unpaired) electrons. The molecular formula is C20H24F2N2O5S. The number of ether oxygens (including phenoxy) is 2. The van der Waals surface area contributed by atoms with Crippen molar-refractivity contribution in [2.45, 2.75) is 31.4 Å². The Labute approximate surface area is 174 Å². The molecule has 0 spiro atoms. The first-order valence-electron chi connectivity index (χ1n) is 9.22. The van der Waals surface area contributed by atoms with E-state index in [0.29, 0.717) is 5.56 Å². The molecule has 2 aromatic carbocycles. The summed E-state index contributed by atoms with van der Waals surface area (Å²) in [5.74, 6) is -0.205. The van der Waals surface area contributed by atoms with E-state index in [0.717, 1.165) is 0 Å². The zero-order chi connectivity index (χ0) is 22.1. The van der Waals surface area contributed by atoms with E-state index in [4.69, 9.17) is 4.74 Å². The molecule has 0 aliphatic rings. The first-order valence-corrected chi connectivity index (χ1v) is 10.7. The van der Waals surface area contributed by atoms with E-state index in [9.17, 15) is 22.0 Å². The number of alkyl halides is 2. The molecule has 7 nitrogen and oxygen atoms in total. The number of sulfonamides is 1. The van der Waals surface area contributed by atoms with Crippen molar-refractivity contribution in [3.8, 4) is 11.5 Å². The standard InChI is InChI=1S/C20H24F2N2O5S/c1-3-28-18-13-15(9-10-17(18)29-20(21)22)14-24(2)19(25)11-12-23-30(26,27)16-7-5-4-6-8-16/h4-10,13,20,23H,3,11-12,14H2,1-2H3. The summed E-state index contributed by atoms with van der Waals surface area (Å²) in [4.78, 5) is 13.9. The molecule has 1 amide bonds. The van der Waals surface area contributed by atoms with Gasteiger partial charge in [0, 0.05) is 26.6 Å². The van der Waals surface area contributed by atoms with Gasteiger partial charge in [0.2, 0.25) is 15.9 Å². The molecule has 0 unspecified atom stereocenters. The summed E-state index contributed by atoms with van der Waals surface area (Å²) in [6, 6.07) is 12.3. The zero-order valence-electron chi connectivity index (χ0n) is 16.7. The molecule has 10 heteroatoms. The van der Waals surface area contributed by atoms with Crippen molar-refractivity contribution in [1.82, 2.24) is 9.62 Å². The minimum Gasteiger partial charge on any atom is -0.490 e. The van der Waals surface area contributed by atoms with Gasteiger partial charge in [-0.3, -0.25) is 4.79 Å². The zero-order valence-corrected chi connectivity index (χ0v) is 17.5. The third kappa shape index (κ3) is 6.96. The summed E-state index contributed by atoms with van der Waals surface area (Å²) in [6.45, 7) is -0.853. The van der Waals surface area contributed by atoms with Gasteiger partial charge in [-0.25, -0.2) is 13.1 Å². The molecule has 0 aromatic heterocycles. The van der Waals surface area contributed by atoms with Crippen LogP contribution in [0.2, 0.25) is 0 Å². The molecule has 164 valence electrons. The van der Waals surface area contributed by atoms with Crippen LogP contribution in [0.15, 0.2) is 53.4 Å². The lowest BCUT2D eigenvalue weighted by Gasteiger charge is -2.19. The highest BCUT2D eigenvalue weighted by Gasteiger charge is 2.16. The predicted octanol–water partition coefficient (Wildman–Crippen LogP) is 3.01.